The van der Waals surface area contributed by atoms with Gasteiger partial charge in [0.25, 0.3) is 5.91 Å². The fraction of sp³-hybridized carbons (Fsp3) is 0.176. The van der Waals surface area contributed by atoms with Crippen molar-refractivity contribution in [1.82, 2.24) is 4.57 Å². The van der Waals surface area contributed by atoms with Gasteiger partial charge in [0.1, 0.15) is 11.5 Å². The first kappa shape index (κ1) is 16.7. The number of benzene rings is 2. The van der Waals surface area contributed by atoms with Crippen molar-refractivity contribution in [3.8, 4) is 11.5 Å². The predicted molar refractivity (Wildman–Crippen MR) is 97.9 cm³/mol. The van der Waals surface area contributed by atoms with Gasteiger partial charge in [-0.2, -0.15) is 4.99 Å². The number of hydrogen-bond donors (Lipinski definition) is 0. The second-order valence-corrected chi connectivity index (χ2v) is 7.00. The Labute approximate surface area is 151 Å². The van der Waals surface area contributed by atoms with Gasteiger partial charge in [0.15, 0.2) is 4.80 Å². The number of amides is 1. The van der Waals surface area contributed by atoms with Crippen LogP contribution in [-0.2, 0) is 7.05 Å². The van der Waals surface area contributed by atoms with Crippen molar-refractivity contribution >= 4 is 43.4 Å². The van der Waals surface area contributed by atoms with Crippen LogP contribution >= 0.6 is 27.3 Å². The lowest BCUT2D eigenvalue weighted by atomic mass is 10.2. The molecule has 0 radical (unpaired) electrons. The Hall–Kier alpha value is -2.12. The molecule has 0 atom stereocenters. The number of ether oxygens (including phenoxy) is 2. The Morgan fingerprint density at radius 2 is 1.79 bits per heavy atom. The van der Waals surface area contributed by atoms with Crippen molar-refractivity contribution in [1.29, 1.82) is 0 Å². The number of aryl methyl sites for hydroxylation is 1. The zero-order chi connectivity index (χ0) is 17.3. The molecule has 0 aliphatic rings. The zero-order valence-corrected chi connectivity index (χ0v) is 15.8. The monoisotopic (exact) mass is 406 g/mol. The van der Waals surface area contributed by atoms with Gasteiger partial charge in [-0.3, -0.25) is 4.79 Å². The first-order valence-electron chi connectivity index (χ1n) is 7.09. The van der Waals surface area contributed by atoms with Crippen molar-refractivity contribution in [2.75, 3.05) is 14.2 Å². The number of fused-ring (bicyclic) bond motifs is 1. The van der Waals surface area contributed by atoms with Crippen LogP contribution in [0.15, 0.2) is 45.9 Å². The molecule has 5 nitrogen and oxygen atoms in total. The predicted octanol–water partition coefficient (Wildman–Crippen LogP) is 3.76. The standard InChI is InChI=1S/C17H15BrN2O3S/c1-20-14-5-4-11(18)8-15(14)24-17(20)19-16(21)10-6-12(22-2)9-13(7-10)23-3/h4-9H,1-3H3. The summed E-state index contributed by atoms with van der Waals surface area (Å²) < 4.78 is 14.4. The van der Waals surface area contributed by atoms with Gasteiger partial charge in [-0.05, 0) is 30.3 Å². The highest BCUT2D eigenvalue weighted by molar-refractivity contribution is 9.10. The molecule has 0 bridgehead atoms. The molecule has 0 aliphatic heterocycles. The van der Waals surface area contributed by atoms with Crippen LogP contribution in [0.1, 0.15) is 10.4 Å². The molecule has 0 saturated carbocycles. The second-order valence-electron chi connectivity index (χ2n) is 5.07. The summed E-state index contributed by atoms with van der Waals surface area (Å²) in [6, 6.07) is 11.0. The molecule has 0 unspecified atom stereocenters. The number of aromatic nitrogens is 1. The first-order chi connectivity index (χ1) is 11.5. The summed E-state index contributed by atoms with van der Waals surface area (Å²) in [5, 5.41) is 0. The highest BCUT2D eigenvalue weighted by Crippen LogP contribution is 2.24. The minimum Gasteiger partial charge on any atom is -0.497 e. The largest absolute Gasteiger partial charge is 0.497 e. The minimum atomic E-state index is -0.339. The van der Waals surface area contributed by atoms with E-state index in [0.717, 1.165) is 14.7 Å². The lowest BCUT2D eigenvalue weighted by Gasteiger charge is -2.05. The summed E-state index contributed by atoms with van der Waals surface area (Å²) >= 11 is 4.92. The third-order valence-corrected chi connectivity index (χ3v) is 5.15. The van der Waals surface area contributed by atoms with E-state index >= 15 is 0 Å². The summed E-state index contributed by atoms with van der Waals surface area (Å²) in [4.78, 5) is 17.4. The zero-order valence-electron chi connectivity index (χ0n) is 13.4. The fourth-order valence-corrected chi connectivity index (χ4v) is 3.87. The minimum absolute atomic E-state index is 0.339. The van der Waals surface area contributed by atoms with E-state index in [-0.39, 0.29) is 5.91 Å². The lowest BCUT2D eigenvalue weighted by molar-refractivity contribution is 0.0997. The van der Waals surface area contributed by atoms with Gasteiger partial charge in [-0.1, -0.05) is 27.3 Å². The molecule has 7 heteroatoms. The molecule has 24 heavy (non-hydrogen) atoms. The Morgan fingerprint density at radius 3 is 2.42 bits per heavy atom. The van der Waals surface area contributed by atoms with Crippen LogP contribution in [0, 0.1) is 0 Å². The normalized spacial score (nSPS) is 11.8. The van der Waals surface area contributed by atoms with Gasteiger partial charge in [0.05, 0.1) is 24.4 Å². The topological polar surface area (TPSA) is 52.8 Å². The Kier molecular flexibility index (Phi) is 4.73. The number of carbonyl (C=O) groups excluding carboxylic acids is 1. The maximum Gasteiger partial charge on any atom is 0.279 e. The lowest BCUT2D eigenvalue weighted by Crippen LogP contribution is -2.13. The number of hydrogen-bond acceptors (Lipinski definition) is 4. The number of rotatable bonds is 3. The summed E-state index contributed by atoms with van der Waals surface area (Å²) in [6.07, 6.45) is 0. The van der Waals surface area contributed by atoms with Gasteiger partial charge in [0.2, 0.25) is 0 Å². The summed E-state index contributed by atoms with van der Waals surface area (Å²) in [5.74, 6) is 0.767. The van der Waals surface area contributed by atoms with Crippen molar-refractivity contribution in [2.24, 2.45) is 12.0 Å². The third kappa shape index (κ3) is 3.22. The average molecular weight is 407 g/mol. The molecule has 0 aliphatic carbocycles. The molecule has 1 aromatic heterocycles. The van der Waals surface area contributed by atoms with Crippen LogP contribution in [-0.4, -0.2) is 24.7 Å². The van der Waals surface area contributed by atoms with Gasteiger partial charge in [-0.15, -0.1) is 0 Å². The summed E-state index contributed by atoms with van der Waals surface area (Å²) in [5.41, 5.74) is 1.45. The van der Waals surface area contributed by atoms with E-state index in [1.165, 1.54) is 11.3 Å². The highest BCUT2D eigenvalue weighted by atomic mass is 79.9. The molecule has 1 heterocycles. The fourth-order valence-electron chi connectivity index (χ4n) is 2.30. The maximum atomic E-state index is 12.6. The number of carbonyl (C=O) groups is 1. The Bertz CT molecular complexity index is 969. The van der Waals surface area contributed by atoms with E-state index in [1.807, 2.05) is 29.8 Å². The first-order valence-corrected chi connectivity index (χ1v) is 8.70. The van der Waals surface area contributed by atoms with Gasteiger partial charge >= 0.3 is 0 Å². The second kappa shape index (κ2) is 6.78. The Balaban J connectivity index is 2.08. The molecule has 3 rings (SSSR count). The van der Waals surface area contributed by atoms with Crippen LogP contribution in [0.5, 0.6) is 11.5 Å². The van der Waals surface area contributed by atoms with E-state index in [1.54, 1.807) is 32.4 Å². The molecular weight excluding hydrogens is 392 g/mol. The molecule has 1 amide bonds. The molecule has 3 aromatic rings. The molecule has 0 N–H and O–H groups in total. The van der Waals surface area contributed by atoms with E-state index in [0.29, 0.717) is 21.9 Å². The molecule has 0 saturated heterocycles. The van der Waals surface area contributed by atoms with Crippen LogP contribution in [0.3, 0.4) is 0 Å². The maximum absolute atomic E-state index is 12.6. The van der Waals surface area contributed by atoms with Crippen molar-refractivity contribution < 1.29 is 14.3 Å². The summed E-state index contributed by atoms with van der Waals surface area (Å²) in [7, 11) is 4.99. The number of methoxy groups -OCH3 is 2. The van der Waals surface area contributed by atoms with Crippen molar-refractivity contribution in [2.45, 2.75) is 0 Å². The van der Waals surface area contributed by atoms with Crippen LogP contribution < -0.4 is 14.3 Å². The third-order valence-electron chi connectivity index (χ3n) is 3.57. The van der Waals surface area contributed by atoms with Crippen molar-refractivity contribution in [3.05, 3.63) is 51.2 Å². The molecular formula is C17H15BrN2O3S. The van der Waals surface area contributed by atoms with Crippen molar-refractivity contribution in [3.63, 3.8) is 0 Å². The molecule has 0 spiro atoms. The van der Waals surface area contributed by atoms with Gasteiger partial charge in [-0.25, -0.2) is 0 Å². The molecule has 124 valence electrons. The van der Waals surface area contributed by atoms with E-state index in [4.69, 9.17) is 9.47 Å². The Morgan fingerprint density at radius 1 is 1.12 bits per heavy atom. The van der Waals surface area contributed by atoms with Crippen LogP contribution in [0.25, 0.3) is 10.2 Å². The van der Waals surface area contributed by atoms with E-state index < -0.39 is 0 Å². The smallest absolute Gasteiger partial charge is 0.279 e. The quantitative estimate of drug-likeness (QED) is 0.665. The summed E-state index contributed by atoms with van der Waals surface area (Å²) in [6.45, 7) is 0. The highest BCUT2D eigenvalue weighted by Gasteiger charge is 2.11. The number of nitrogens with zero attached hydrogens (tertiary/aromatic N) is 2. The average Bonchev–Trinajstić information content (AvgIpc) is 2.89. The number of thiazole rings is 1. The van der Waals surface area contributed by atoms with Gasteiger partial charge in [0, 0.05) is 23.2 Å². The van der Waals surface area contributed by atoms with Gasteiger partial charge < -0.3 is 14.0 Å². The SMILES string of the molecule is COc1cc(OC)cc(C(=O)N=c2sc3cc(Br)ccc3n2C)c1. The van der Waals surface area contributed by atoms with E-state index in [2.05, 4.69) is 20.9 Å². The number of halogens is 1. The van der Waals surface area contributed by atoms with E-state index in [9.17, 15) is 4.79 Å². The molecule has 0 fully saturated rings. The van der Waals surface area contributed by atoms with Crippen LogP contribution in [0.4, 0.5) is 0 Å². The molecule has 2 aromatic carbocycles. The van der Waals surface area contributed by atoms with Crippen LogP contribution in [0.2, 0.25) is 0 Å².